The summed E-state index contributed by atoms with van der Waals surface area (Å²) >= 11 is 0. The lowest BCUT2D eigenvalue weighted by Crippen LogP contribution is -2.40. The van der Waals surface area contributed by atoms with Crippen LogP contribution in [0.3, 0.4) is 0 Å². The molecule has 0 aliphatic carbocycles. The second kappa shape index (κ2) is 8.45. The van der Waals surface area contributed by atoms with Gasteiger partial charge in [-0.3, -0.25) is 9.20 Å². The van der Waals surface area contributed by atoms with Crippen LogP contribution < -0.4 is 10.6 Å². The number of pyridine rings is 2. The molecule has 0 atom stereocenters. The normalized spacial score (nSPS) is 16.3. The van der Waals surface area contributed by atoms with Gasteiger partial charge in [-0.25, -0.2) is 18.4 Å². The van der Waals surface area contributed by atoms with Gasteiger partial charge in [0, 0.05) is 37.6 Å². The SMILES string of the molecule is O=C1NCc2cc(-c3ccc(Nc4ccc(S(=O)(=O)N5CCOCC5)nc4)c4nccn34)ccc21. The smallest absolute Gasteiger partial charge is 0.260 e. The first kappa shape index (κ1) is 21.7. The van der Waals surface area contributed by atoms with Crippen LogP contribution in [0.25, 0.3) is 16.9 Å². The molecule has 35 heavy (non-hydrogen) atoms. The van der Waals surface area contributed by atoms with E-state index in [4.69, 9.17) is 4.74 Å². The first-order valence-electron chi connectivity index (χ1n) is 11.2. The van der Waals surface area contributed by atoms with E-state index in [1.54, 1.807) is 12.3 Å². The van der Waals surface area contributed by atoms with E-state index in [9.17, 15) is 13.2 Å². The molecule has 2 aliphatic heterocycles. The molecule has 6 rings (SSSR count). The maximum absolute atomic E-state index is 12.8. The number of fused-ring (bicyclic) bond motifs is 2. The molecule has 178 valence electrons. The number of morpholine rings is 1. The van der Waals surface area contributed by atoms with Crippen molar-refractivity contribution in [2.24, 2.45) is 0 Å². The summed E-state index contributed by atoms with van der Waals surface area (Å²) in [5.41, 5.74) is 5.71. The number of benzene rings is 1. The minimum absolute atomic E-state index is 0.0100. The van der Waals surface area contributed by atoms with Gasteiger partial charge in [0.1, 0.15) is 0 Å². The van der Waals surface area contributed by atoms with Gasteiger partial charge >= 0.3 is 0 Å². The molecule has 0 unspecified atom stereocenters. The Hall–Kier alpha value is -3.80. The molecular formula is C24H22N6O4S. The average Bonchev–Trinajstić information content (AvgIpc) is 3.52. The third-order valence-electron chi connectivity index (χ3n) is 6.22. The number of hydrogen-bond donors (Lipinski definition) is 2. The number of rotatable bonds is 5. The zero-order valence-electron chi connectivity index (χ0n) is 18.6. The molecule has 0 radical (unpaired) electrons. The van der Waals surface area contributed by atoms with Crippen molar-refractivity contribution < 1.29 is 17.9 Å². The molecule has 0 spiro atoms. The molecule has 4 aromatic rings. The number of aromatic nitrogens is 3. The van der Waals surface area contributed by atoms with Gasteiger partial charge in [-0.1, -0.05) is 6.07 Å². The number of hydrogen-bond acceptors (Lipinski definition) is 7. The fourth-order valence-corrected chi connectivity index (χ4v) is 5.74. The second-order valence-electron chi connectivity index (χ2n) is 8.33. The van der Waals surface area contributed by atoms with Crippen molar-refractivity contribution >= 4 is 33.0 Å². The highest BCUT2D eigenvalue weighted by atomic mass is 32.2. The average molecular weight is 491 g/mol. The minimum Gasteiger partial charge on any atom is -0.379 e. The topological polar surface area (TPSA) is 118 Å². The van der Waals surface area contributed by atoms with Crippen molar-refractivity contribution in [2.45, 2.75) is 11.6 Å². The van der Waals surface area contributed by atoms with E-state index < -0.39 is 10.0 Å². The number of nitrogens with one attached hydrogen (secondary N) is 2. The van der Waals surface area contributed by atoms with Crippen molar-refractivity contribution in [3.8, 4) is 11.3 Å². The maximum atomic E-state index is 12.8. The van der Waals surface area contributed by atoms with E-state index >= 15 is 0 Å². The molecule has 0 bridgehead atoms. The molecule has 5 heterocycles. The van der Waals surface area contributed by atoms with Gasteiger partial charge < -0.3 is 15.4 Å². The highest BCUT2D eigenvalue weighted by Gasteiger charge is 2.27. The van der Waals surface area contributed by atoms with E-state index in [0.717, 1.165) is 22.5 Å². The van der Waals surface area contributed by atoms with Crippen LogP contribution in [0.4, 0.5) is 11.4 Å². The lowest BCUT2D eigenvalue weighted by Gasteiger charge is -2.25. The maximum Gasteiger partial charge on any atom is 0.260 e. The van der Waals surface area contributed by atoms with Crippen LogP contribution in [0.1, 0.15) is 15.9 Å². The van der Waals surface area contributed by atoms with E-state index in [2.05, 4.69) is 20.6 Å². The van der Waals surface area contributed by atoms with Gasteiger partial charge in [0.15, 0.2) is 10.7 Å². The third kappa shape index (κ3) is 3.83. The molecule has 1 fully saturated rings. The molecule has 0 saturated carbocycles. The van der Waals surface area contributed by atoms with Crippen LogP contribution in [0.15, 0.2) is 66.1 Å². The summed E-state index contributed by atoms with van der Waals surface area (Å²) in [7, 11) is -3.65. The molecule has 11 heteroatoms. The predicted molar refractivity (Wildman–Crippen MR) is 129 cm³/mol. The number of amides is 1. The largest absolute Gasteiger partial charge is 0.379 e. The first-order chi connectivity index (χ1) is 17.0. The van der Waals surface area contributed by atoms with E-state index in [1.807, 2.05) is 40.9 Å². The molecule has 1 aromatic carbocycles. The van der Waals surface area contributed by atoms with Gasteiger partial charge in [0.2, 0.25) is 0 Å². The Morgan fingerprint density at radius 1 is 1.03 bits per heavy atom. The third-order valence-corrected chi connectivity index (χ3v) is 8.04. The van der Waals surface area contributed by atoms with Crippen LogP contribution in [-0.2, 0) is 21.3 Å². The van der Waals surface area contributed by atoms with Gasteiger partial charge in [-0.05, 0) is 47.5 Å². The van der Waals surface area contributed by atoms with Crippen LogP contribution in [0, 0.1) is 0 Å². The molecule has 10 nitrogen and oxygen atoms in total. The number of nitrogens with zero attached hydrogens (tertiary/aromatic N) is 4. The van der Waals surface area contributed by atoms with Crippen LogP contribution in [0.5, 0.6) is 0 Å². The van der Waals surface area contributed by atoms with Crippen LogP contribution >= 0.6 is 0 Å². The molecule has 2 N–H and O–H groups in total. The van der Waals surface area contributed by atoms with E-state index in [1.165, 1.54) is 16.6 Å². The van der Waals surface area contributed by atoms with E-state index in [0.29, 0.717) is 49.7 Å². The monoisotopic (exact) mass is 490 g/mol. The number of carbonyl (C=O) groups excluding carboxylic acids is 1. The number of ether oxygens (including phenoxy) is 1. The quantitative estimate of drug-likeness (QED) is 0.441. The molecule has 3 aromatic heterocycles. The second-order valence-corrected chi connectivity index (χ2v) is 10.2. The van der Waals surface area contributed by atoms with Crippen molar-refractivity contribution in [1.82, 2.24) is 24.0 Å². The Bertz CT molecular complexity index is 1540. The zero-order valence-corrected chi connectivity index (χ0v) is 19.5. The first-order valence-corrected chi connectivity index (χ1v) is 12.6. The minimum atomic E-state index is -3.65. The summed E-state index contributed by atoms with van der Waals surface area (Å²) in [5, 5.41) is 6.14. The summed E-state index contributed by atoms with van der Waals surface area (Å²) in [5.74, 6) is -0.0451. The fraction of sp³-hybridized carbons (Fsp3) is 0.208. The number of anilines is 2. The highest BCUT2D eigenvalue weighted by molar-refractivity contribution is 7.89. The van der Waals surface area contributed by atoms with Gasteiger partial charge in [0.25, 0.3) is 15.9 Å². The molecular weight excluding hydrogens is 468 g/mol. The summed E-state index contributed by atoms with van der Waals surface area (Å²) in [4.78, 5) is 20.6. The summed E-state index contributed by atoms with van der Waals surface area (Å²) in [6.45, 7) is 1.95. The number of imidazole rings is 1. The molecule has 2 aliphatic rings. The van der Waals surface area contributed by atoms with Crippen LogP contribution in [-0.4, -0.2) is 59.3 Å². The van der Waals surface area contributed by atoms with Gasteiger partial charge in [-0.2, -0.15) is 4.31 Å². The summed E-state index contributed by atoms with van der Waals surface area (Å²) in [6, 6.07) is 12.9. The fourth-order valence-electron chi connectivity index (χ4n) is 4.42. The molecule has 1 saturated heterocycles. The lowest BCUT2D eigenvalue weighted by molar-refractivity contribution is 0.0729. The number of sulfonamides is 1. The number of carbonyl (C=O) groups is 1. The Balaban J connectivity index is 1.27. The Morgan fingerprint density at radius 2 is 1.89 bits per heavy atom. The van der Waals surface area contributed by atoms with Crippen molar-refractivity contribution in [3.05, 3.63) is 72.2 Å². The summed E-state index contributed by atoms with van der Waals surface area (Å²) in [6.07, 6.45) is 5.10. The highest BCUT2D eigenvalue weighted by Crippen LogP contribution is 2.30. The standard InChI is InChI=1S/C24H22N6O4S/c31-24-19-3-1-16(13-17(19)14-27-24)21-5-4-20(23-25-7-8-30(21)23)28-18-2-6-22(26-15-18)35(32,33)29-9-11-34-12-10-29/h1-8,13,15,28H,9-12,14H2,(H,27,31). The Kier molecular flexibility index (Phi) is 5.24. The van der Waals surface area contributed by atoms with Crippen molar-refractivity contribution in [1.29, 1.82) is 0 Å². The van der Waals surface area contributed by atoms with Crippen molar-refractivity contribution in [2.75, 3.05) is 31.6 Å². The van der Waals surface area contributed by atoms with Gasteiger partial charge in [-0.15, -0.1) is 0 Å². The Morgan fingerprint density at radius 3 is 2.69 bits per heavy atom. The summed E-state index contributed by atoms with van der Waals surface area (Å²) < 4.78 is 34.2. The Labute approximate surface area is 201 Å². The van der Waals surface area contributed by atoms with Gasteiger partial charge in [0.05, 0.1) is 36.5 Å². The molecule has 1 amide bonds. The zero-order chi connectivity index (χ0) is 24.0. The van der Waals surface area contributed by atoms with Crippen LogP contribution in [0.2, 0.25) is 0 Å². The van der Waals surface area contributed by atoms with Crippen molar-refractivity contribution in [3.63, 3.8) is 0 Å². The van der Waals surface area contributed by atoms with E-state index in [-0.39, 0.29) is 10.9 Å². The predicted octanol–water partition coefficient (Wildman–Crippen LogP) is 2.40. The lowest BCUT2D eigenvalue weighted by atomic mass is 10.0.